The minimum absolute atomic E-state index is 0.0464. The topological polar surface area (TPSA) is 98.3 Å². The molecule has 28 heavy (non-hydrogen) atoms. The lowest BCUT2D eigenvalue weighted by Crippen LogP contribution is -2.43. The third kappa shape index (κ3) is 4.69. The Morgan fingerprint density at radius 2 is 1.96 bits per heavy atom. The van der Waals surface area contributed by atoms with Gasteiger partial charge in [0.05, 0.1) is 21.7 Å². The van der Waals surface area contributed by atoms with Gasteiger partial charge in [0.1, 0.15) is 0 Å². The van der Waals surface area contributed by atoms with Crippen molar-refractivity contribution in [3.8, 4) is 0 Å². The highest BCUT2D eigenvalue weighted by molar-refractivity contribution is 7.99. The third-order valence-corrected chi connectivity index (χ3v) is 6.88. The second kappa shape index (κ2) is 8.42. The van der Waals surface area contributed by atoms with Crippen LogP contribution in [0.3, 0.4) is 0 Å². The van der Waals surface area contributed by atoms with E-state index in [0.29, 0.717) is 23.1 Å². The number of nitrogens with zero attached hydrogens (tertiary/aromatic N) is 3. The van der Waals surface area contributed by atoms with Gasteiger partial charge in [-0.3, -0.25) is 4.79 Å². The lowest BCUT2D eigenvalue weighted by atomic mass is 9.92. The number of hydrogen-bond donors (Lipinski definition) is 1. The van der Waals surface area contributed by atoms with Gasteiger partial charge < -0.3 is 9.47 Å². The number of sulfonamides is 1. The van der Waals surface area contributed by atoms with E-state index in [0.717, 1.165) is 43.1 Å². The van der Waals surface area contributed by atoms with E-state index < -0.39 is 10.0 Å². The number of piperidine rings is 1. The molecule has 3 rings (SSSR count). The van der Waals surface area contributed by atoms with Crippen LogP contribution in [-0.2, 0) is 21.4 Å². The highest BCUT2D eigenvalue weighted by atomic mass is 32.2. The number of aryl methyl sites for hydroxylation is 1. The van der Waals surface area contributed by atoms with E-state index in [1.165, 1.54) is 23.9 Å². The maximum atomic E-state index is 12.7. The highest BCUT2D eigenvalue weighted by Crippen LogP contribution is 2.27. The van der Waals surface area contributed by atoms with Gasteiger partial charge in [-0.05, 0) is 42.9 Å². The molecule has 2 unspecified atom stereocenters. The van der Waals surface area contributed by atoms with Crippen LogP contribution in [0.25, 0.3) is 11.0 Å². The molecular formula is C19H28N4O3S2. The Balaban J connectivity index is 1.81. The predicted molar refractivity (Wildman–Crippen MR) is 112 cm³/mol. The molecule has 1 saturated heterocycles. The number of carbonyl (C=O) groups is 1. The normalized spacial score (nSPS) is 20.6. The number of nitrogens with two attached hydrogens (primary N) is 1. The molecule has 0 bridgehead atoms. The van der Waals surface area contributed by atoms with Gasteiger partial charge >= 0.3 is 0 Å². The van der Waals surface area contributed by atoms with Crippen LogP contribution in [0.4, 0.5) is 0 Å². The average Bonchev–Trinajstić information content (AvgIpc) is 2.95. The lowest BCUT2D eigenvalue weighted by Gasteiger charge is -2.35. The first-order valence-electron chi connectivity index (χ1n) is 9.62. The van der Waals surface area contributed by atoms with Gasteiger partial charge in [0, 0.05) is 19.6 Å². The number of primary sulfonamides is 1. The molecule has 9 heteroatoms. The van der Waals surface area contributed by atoms with Crippen molar-refractivity contribution >= 4 is 38.7 Å². The van der Waals surface area contributed by atoms with Gasteiger partial charge in [0.15, 0.2) is 5.16 Å². The molecule has 0 saturated carbocycles. The van der Waals surface area contributed by atoms with E-state index in [9.17, 15) is 13.2 Å². The van der Waals surface area contributed by atoms with Crippen LogP contribution >= 0.6 is 11.8 Å². The Labute approximate surface area is 170 Å². The number of imidazole rings is 1. The minimum Gasteiger partial charge on any atom is -0.341 e. The second-order valence-corrected chi connectivity index (χ2v) is 10.3. The Morgan fingerprint density at radius 3 is 2.57 bits per heavy atom. The summed E-state index contributed by atoms with van der Waals surface area (Å²) in [4.78, 5) is 19.3. The number of rotatable bonds is 6. The molecular weight excluding hydrogens is 396 g/mol. The summed E-state index contributed by atoms with van der Waals surface area (Å²) in [6.07, 6.45) is 2.07. The predicted octanol–water partition coefficient (Wildman–Crippen LogP) is 2.69. The molecule has 1 amide bonds. The summed E-state index contributed by atoms with van der Waals surface area (Å²) in [5.41, 5.74) is 1.43. The zero-order valence-corrected chi connectivity index (χ0v) is 18.2. The van der Waals surface area contributed by atoms with Crippen LogP contribution in [0.1, 0.15) is 33.6 Å². The van der Waals surface area contributed by atoms with Crippen LogP contribution < -0.4 is 5.14 Å². The summed E-state index contributed by atoms with van der Waals surface area (Å²) in [5, 5.41) is 5.97. The van der Waals surface area contributed by atoms with Gasteiger partial charge in [-0.2, -0.15) is 0 Å². The van der Waals surface area contributed by atoms with Crippen molar-refractivity contribution < 1.29 is 13.2 Å². The van der Waals surface area contributed by atoms with Crippen LogP contribution in [0.5, 0.6) is 0 Å². The van der Waals surface area contributed by atoms with Gasteiger partial charge in [0.2, 0.25) is 15.9 Å². The van der Waals surface area contributed by atoms with Crippen molar-refractivity contribution in [2.75, 3.05) is 18.8 Å². The summed E-state index contributed by atoms with van der Waals surface area (Å²) in [7, 11) is -3.78. The molecule has 1 fully saturated rings. The van der Waals surface area contributed by atoms with Crippen LogP contribution in [0.15, 0.2) is 28.3 Å². The van der Waals surface area contributed by atoms with Gasteiger partial charge in [0.25, 0.3) is 0 Å². The minimum atomic E-state index is -3.78. The monoisotopic (exact) mass is 424 g/mol. The van der Waals surface area contributed by atoms with Crippen molar-refractivity contribution in [3.63, 3.8) is 0 Å². The number of likely N-dealkylation sites (tertiary alicyclic amines) is 1. The third-order valence-electron chi connectivity index (χ3n) is 5.01. The summed E-state index contributed by atoms with van der Waals surface area (Å²) in [6.45, 7) is 8.82. The SMILES string of the molecule is CCCn1c(SCC(=O)N2CC(C)CC(C)C2)nc2cc(S(N)(=O)=O)ccc21. The summed E-state index contributed by atoms with van der Waals surface area (Å²) in [5.74, 6) is 1.51. The summed E-state index contributed by atoms with van der Waals surface area (Å²) < 4.78 is 25.3. The van der Waals surface area contributed by atoms with E-state index in [4.69, 9.17) is 5.14 Å². The largest absolute Gasteiger partial charge is 0.341 e. The Kier molecular flexibility index (Phi) is 6.36. The number of thioether (sulfide) groups is 1. The molecule has 2 aromatic rings. The van der Waals surface area contributed by atoms with Crippen molar-refractivity contribution in [2.24, 2.45) is 17.0 Å². The number of benzene rings is 1. The first kappa shape index (κ1) is 21.1. The Hall–Kier alpha value is -1.58. The van der Waals surface area contributed by atoms with E-state index >= 15 is 0 Å². The zero-order chi connectivity index (χ0) is 20.5. The van der Waals surface area contributed by atoms with Crippen molar-refractivity contribution in [2.45, 2.75) is 50.2 Å². The molecule has 1 aromatic heterocycles. The van der Waals surface area contributed by atoms with Crippen LogP contribution in [-0.4, -0.2) is 47.6 Å². The summed E-state index contributed by atoms with van der Waals surface area (Å²) >= 11 is 1.41. The maximum absolute atomic E-state index is 12.7. The summed E-state index contributed by atoms with van der Waals surface area (Å²) in [6, 6.07) is 4.73. The molecule has 1 aliphatic rings. The van der Waals surface area contributed by atoms with Crippen LogP contribution in [0, 0.1) is 11.8 Å². The van der Waals surface area contributed by atoms with Gasteiger partial charge in [-0.25, -0.2) is 18.5 Å². The van der Waals surface area contributed by atoms with E-state index in [1.54, 1.807) is 6.07 Å². The van der Waals surface area contributed by atoms with Gasteiger partial charge in [-0.15, -0.1) is 0 Å². The zero-order valence-electron chi connectivity index (χ0n) is 16.6. The molecule has 0 radical (unpaired) electrons. The number of fused-ring (bicyclic) bond motifs is 1. The molecule has 0 aliphatic carbocycles. The molecule has 1 aliphatic heterocycles. The highest BCUT2D eigenvalue weighted by Gasteiger charge is 2.26. The van der Waals surface area contributed by atoms with Crippen molar-refractivity contribution in [1.29, 1.82) is 0 Å². The standard InChI is InChI=1S/C19H28N4O3S2/c1-4-7-23-17-6-5-15(28(20,25)26)9-16(17)21-19(23)27-12-18(24)22-10-13(2)8-14(3)11-22/h5-6,9,13-14H,4,7-8,10-12H2,1-3H3,(H2,20,25,26). The second-order valence-electron chi connectivity index (χ2n) is 7.77. The lowest BCUT2D eigenvalue weighted by molar-refractivity contribution is -0.130. The van der Waals surface area contributed by atoms with E-state index in [-0.39, 0.29) is 10.8 Å². The average molecular weight is 425 g/mol. The fourth-order valence-electron chi connectivity index (χ4n) is 3.90. The fraction of sp³-hybridized carbons (Fsp3) is 0.579. The quantitative estimate of drug-likeness (QED) is 0.719. The Bertz CT molecular complexity index is 961. The molecule has 1 aromatic carbocycles. The van der Waals surface area contributed by atoms with Crippen molar-refractivity contribution in [3.05, 3.63) is 18.2 Å². The number of aromatic nitrogens is 2. The van der Waals surface area contributed by atoms with E-state index in [2.05, 4.69) is 25.8 Å². The Morgan fingerprint density at radius 1 is 1.29 bits per heavy atom. The molecule has 2 atom stereocenters. The van der Waals surface area contributed by atoms with Crippen molar-refractivity contribution in [1.82, 2.24) is 14.5 Å². The molecule has 0 spiro atoms. The maximum Gasteiger partial charge on any atom is 0.238 e. The van der Waals surface area contributed by atoms with Gasteiger partial charge in [-0.1, -0.05) is 32.5 Å². The first-order valence-corrected chi connectivity index (χ1v) is 12.2. The first-order chi connectivity index (χ1) is 13.2. The number of hydrogen-bond acceptors (Lipinski definition) is 5. The fourth-order valence-corrected chi connectivity index (χ4v) is 5.38. The van der Waals surface area contributed by atoms with E-state index in [1.807, 2.05) is 9.47 Å². The molecule has 154 valence electrons. The molecule has 7 nitrogen and oxygen atoms in total. The number of carbonyl (C=O) groups excluding carboxylic acids is 1. The molecule has 2 heterocycles. The number of amides is 1. The molecule has 2 N–H and O–H groups in total. The van der Waals surface area contributed by atoms with Crippen LogP contribution in [0.2, 0.25) is 0 Å². The smallest absolute Gasteiger partial charge is 0.238 e.